The first-order chi connectivity index (χ1) is 5.30. The smallest absolute Gasteiger partial charge is 0.126 e. The van der Waals surface area contributed by atoms with E-state index in [1.165, 1.54) is 6.04 Å². The molecule has 0 spiro atoms. The molecule has 1 unspecified atom stereocenters. The Morgan fingerprint density at radius 1 is 1.00 bits per heavy atom. The molecule has 0 saturated carbocycles. The van der Waals surface area contributed by atoms with Gasteiger partial charge in [0.1, 0.15) is 6.69 Å². The van der Waals surface area contributed by atoms with Gasteiger partial charge in [0.2, 0.25) is 0 Å². The van der Waals surface area contributed by atoms with E-state index in [1.54, 1.807) is 0 Å². The summed E-state index contributed by atoms with van der Waals surface area (Å²) in [7, 11) is 0. The molecule has 0 nitrogen and oxygen atoms in total. The second-order valence-corrected chi connectivity index (χ2v) is 14.8. The molecular formula is C9H20Br2Si. The van der Waals surface area contributed by atoms with Crippen molar-refractivity contribution in [2.24, 2.45) is 0 Å². The summed E-state index contributed by atoms with van der Waals surface area (Å²) in [4.78, 5) is 0.647. The first-order valence-electron chi connectivity index (χ1n) is 4.63. The minimum atomic E-state index is -1.20. The Labute approximate surface area is 94.2 Å². The number of alkyl halides is 1. The van der Waals surface area contributed by atoms with Gasteiger partial charge in [-0.1, -0.05) is 50.5 Å². The van der Waals surface area contributed by atoms with Gasteiger partial charge in [-0.2, -0.15) is 0 Å². The molecule has 0 heterocycles. The lowest BCUT2D eigenvalue weighted by Crippen LogP contribution is -2.35. The topological polar surface area (TPSA) is 0 Å². The average molecular weight is 316 g/mol. The normalized spacial score (nSPS) is 15.8. The highest BCUT2D eigenvalue weighted by Crippen LogP contribution is 2.42. The molecule has 74 valence electrons. The van der Waals surface area contributed by atoms with Crippen molar-refractivity contribution in [1.82, 2.24) is 0 Å². The molecule has 0 aromatic rings. The van der Waals surface area contributed by atoms with Crippen LogP contribution in [0.25, 0.3) is 0 Å². The van der Waals surface area contributed by atoms with Crippen LogP contribution in [0.3, 0.4) is 0 Å². The van der Waals surface area contributed by atoms with E-state index < -0.39 is 6.69 Å². The molecule has 0 amide bonds. The van der Waals surface area contributed by atoms with Gasteiger partial charge in [-0.25, -0.2) is 0 Å². The summed E-state index contributed by atoms with van der Waals surface area (Å²) in [6.07, 6.45) is 0. The van der Waals surface area contributed by atoms with E-state index in [0.717, 1.165) is 11.1 Å². The predicted molar refractivity (Wildman–Crippen MR) is 68.1 cm³/mol. The van der Waals surface area contributed by atoms with Crippen molar-refractivity contribution in [3.63, 3.8) is 0 Å². The van der Waals surface area contributed by atoms with Crippen molar-refractivity contribution >= 4 is 37.9 Å². The maximum absolute atomic E-state index is 4.02. The first-order valence-corrected chi connectivity index (χ1v) is 10.2. The number of halogens is 2. The lowest BCUT2D eigenvalue weighted by atomic mass is 10.5. The van der Waals surface area contributed by atoms with Crippen LogP contribution in [0.5, 0.6) is 0 Å². The Hall–Kier alpha value is 1.18. The van der Waals surface area contributed by atoms with E-state index >= 15 is 0 Å². The van der Waals surface area contributed by atoms with Gasteiger partial charge in [-0.05, 0) is 17.1 Å². The molecule has 0 aliphatic heterocycles. The van der Waals surface area contributed by atoms with E-state index in [1.807, 2.05) is 0 Å². The van der Waals surface area contributed by atoms with Crippen LogP contribution in [-0.4, -0.2) is 11.5 Å². The molecule has 12 heavy (non-hydrogen) atoms. The third-order valence-corrected chi connectivity index (χ3v) is 15.0. The molecule has 0 rings (SSSR count). The summed E-state index contributed by atoms with van der Waals surface area (Å²) in [6.45, 7) is 10.4. The average Bonchev–Trinajstić information content (AvgIpc) is 1.84. The molecule has 0 saturated heterocycles. The molecule has 0 aliphatic carbocycles. The van der Waals surface area contributed by atoms with E-state index in [2.05, 4.69) is 65.8 Å². The SMILES string of the molecule is CC(Br)C[Si](Br)(C(C)C)C(C)C. The van der Waals surface area contributed by atoms with Crippen molar-refractivity contribution in [1.29, 1.82) is 0 Å². The molecule has 0 aliphatic rings. The molecule has 1 atom stereocenters. The molecule has 0 aromatic heterocycles. The second kappa shape index (κ2) is 5.16. The van der Waals surface area contributed by atoms with Gasteiger partial charge < -0.3 is 0 Å². The largest absolute Gasteiger partial charge is 0.136 e. The molecule has 0 fully saturated rings. The van der Waals surface area contributed by atoms with Crippen LogP contribution >= 0.6 is 31.2 Å². The molecule has 3 heteroatoms. The van der Waals surface area contributed by atoms with Gasteiger partial charge in [-0.3, -0.25) is 0 Å². The Bertz CT molecular complexity index is 124. The van der Waals surface area contributed by atoms with E-state index in [9.17, 15) is 0 Å². The monoisotopic (exact) mass is 314 g/mol. The van der Waals surface area contributed by atoms with Crippen LogP contribution in [0.2, 0.25) is 17.1 Å². The molecule has 0 N–H and O–H groups in total. The van der Waals surface area contributed by atoms with E-state index in [0.29, 0.717) is 4.83 Å². The zero-order valence-electron chi connectivity index (χ0n) is 8.70. The first kappa shape index (κ1) is 13.2. The number of hydrogen-bond donors (Lipinski definition) is 0. The summed E-state index contributed by atoms with van der Waals surface area (Å²) >= 11 is 7.68. The van der Waals surface area contributed by atoms with Gasteiger partial charge in [-0.15, -0.1) is 15.3 Å². The second-order valence-electron chi connectivity index (χ2n) is 4.22. The van der Waals surface area contributed by atoms with Gasteiger partial charge in [0.15, 0.2) is 0 Å². The van der Waals surface area contributed by atoms with Crippen LogP contribution in [0.15, 0.2) is 0 Å². The quantitative estimate of drug-likeness (QED) is 0.392. The van der Waals surface area contributed by atoms with Crippen molar-refractivity contribution in [3.05, 3.63) is 0 Å². The van der Waals surface area contributed by atoms with Crippen molar-refractivity contribution in [3.8, 4) is 0 Å². The highest BCUT2D eigenvalue weighted by Gasteiger charge is 2.37. The summed E-state index contributed by atoms with van der Waals surface area (Å²) in [6, 6.07) is 1.32. The summed E-state index contributed by atoms with van der Waals surface area (Å²) in [5.74, 6) is 0. The van der Waals surface area contributed by atoms with Crippen LogP contribution in [0, 0.1) is 0 Å². The van der Waals surface area contributed by atoms with Gasteiger partial charge >= 0.3 is 0 Å². The van der Waals surface area contributed by atoms with Gasteiger partial charge in [0.25, 0.3) is 0 Å². The highest BCUT2D eigenvalue weighted by molar-refractivity contribution is 9.26. The van der Waals surface area contributed by atoms with Gasteiger partial charge in [0.05, 0.1) is 0 Å². The Kier molecular flexibility index (Phi) is 5.66. The maximum Gasteiger partial charge on any atom is 0.136 e. The van der Waals surface area contributed by atoms with Crippen molar-refractivity contribution in [2.75, 3.05) is 0 Å². The minimum Gasteiger partial charge on any atom is -0.126 e. The van der Waals surface area contributed by atoms with Crippen LogP contribution < -0.4 is 0 Å². The molecule has 0 bridgehead atoms. The van der Waals surface area contributed by atoms with Gasteiger partial charge in [0, 0.05) is 4.83 Å². The molecule has 0 radical (unpaired) electrons. The van der Waals surface area contributed by atoms with Crippen LogP contribution in [0.4, 0.5) is 0 Å². The Balaban J connectivity index is 4.40. The van der Waals surface area contributed by atoms with E-state index in [-0.39, 0.29) is 0 Å². The van der Waals surface area contributed by atoms with Crippen molar-refractivity contribution in [2.45, 2.75) is 56.6 Å². The fraction of sp³-hybridized carbons (Fsp3) is 1.00. The Morgan fingerprint density at radius 2 is 1.33 bits per heavy atom. The Morgan fingerprint density at radius 3 is 1.42 bits per heavy atom. The summed E-state index contributed by atoms with van der Waals surface area (Å²) in [5.41, 5.74) is 1.63. The van der Waals surface area contributed by atoms with Crippen molar-refractivity contribution < 1.29 is 0 Å². The standard InChI is InChI=1S/C9H20Br2Si/c1-7(2)12(11,8(3)4)6-9(5)10/h7-9H,6H2,1-5H3. The molecular weight excluding hydrogens is 296 g/mol. The van der Waals surface area contributed by atoms with E-state index in [4.69, 9.17) is 0 Å². The highest BCUT2D eigenvalue weighted by atomic mass is 79.9. The third kappa shape index (κ3) is 3.50. The molecule has 0 aromatic carbocycles. The maximum atomic E-state index is 4.02. The van der Waals surface area contributed by atoms with Crippen LogP contribution in [-0.2, 0) is 0 Å². The van der Waals surface area contributed by atoms with Crippen LogP contribution in [0.1, 0.15) is 34.6 Å². The lowest BCUT2D eigenvalue weighted by molar-refractivity contribution is 0.895. The fourth-order valence-electron chi connectivity index (χ4n) is 1.57. The fourth-order valence-corrected chi connectivity index (χ4v) is 9.07. The predicted octanol–water partition coefficient (Wildman–Crippen LogP) is 4.93. The minimum absolute atomic E-state index is 0.647. The zero-order chi connectivity index (χ0) is 9.94. The third-order valence-electron chi connectivity index (χ3n) is 2.51. The summed E-state index contributed by atoms with van der Waals surface area (Å²) < 4.78 is 0. The summed E-state index contributed by atoms with van der Waals surface area (Å²) in [5, 5.41) is 0. The lowest BCUT2D eigenvalue weighted by Gasteiger charge is -2.34. The number of rotatable bonds is 4. The number of hydrogen-bond acceptors (Lipinski definition) is 0. The zero-order valence-corrected chi connectivity index (χ0v) is 12.9.